The first-order valence-corrected chi connectivity index (χ1v) is 13.0. The van der Waals surface area contributed by atoms with Crippen LogP contribution in [0.3, 0.4) is 0 Å². The third-order valence-electron chi connectivity index (χ3n) is 8.36. The number of hydrogen-bond acceptors (Lipinski definition) is 6. The maximum atomic E-state index is 15.0. The fourth-order valence-corrected chi connectivity index (χ4v) is 6.46. The van der Waals surface area contributed by atoms with E-state index in [-0.39, 0.29) is 29.3 Å². The molecule has 3 N–H and O–H groups in total. The molecule has 0 radical (unpaired) electrons. The summed E-state index contributed by atoms with van der Waals surface area (Å²) in [5.41, 5.74) is 1.51. The molecule has 0 amide bonds. The molecular formula is C30H31FN4O3. The highest BCUT2D eigenvalue weighted by atomic mass is 19.1. The van der Waals surface area contributed by atoms with Gasteiger partial charge in [0, 0.05) is 47.2 Å². The minimum Gasteiger partial charge on any atom is -0.497 e. The molecule has 7 nitrogen and oxygen atoms in total. The van der Waals surface area contributed by atoms with Gasteiger partial charge in [0.05, 0.1) is 19.4 Å². The number of carbonyl (C=O) groups is 1. The Morgan fingerprint density at radius 1 is 1.13 bits per heavy atom. The van der Waals surface area contributed by atoms with Crippen molar-refractivity contribution in [2.24, 2.45) is 0 Å². The number of pyridine rings is 1. The van der Waals surface area contributed by atoms with E-state index in [0.29, 0.717) is 23.6 Å². The summed E-state index contributed by atoms with van der Waals surface area (Å²) < 4.78 is 20.5. The van der Waals surface area contributed by atoms with Gasteiger partial charge < -0.3 is 20.1 Å². The lowest BCUT2D eigenvalue weighted by atomic mass is 9.64. The van der Waals surface area contributed by atoms with Gasteiger partial charge in [0.25, 0.3) is 0 Å². The van der Waals surface area contributed by atoms with Crippen LogP contribution in [0.25, 0.3) is 10.9 Å². The van der Waals surface area contributed by atoms with Crippen molar-refractivity contribution in [3.05, 3.63) is 95.2 Å². The number of aliphatic hydroxyl groups is 1. The fourth-order valence-electron chi connectivity index (χ4n) is 6.46. The van der Waals surface area contributed by atoms with E-state index in [1.807, 2.05) is 23.1 Å². The van der Waals surface area contributed by atoms with Gasteiger partial charge in [0.1, 0.15) is 17.3 Å². The first-order chi connectivity index (χ1) is 18.5. The minimum absolute atomic E-state index is 0.166. The molecule has 1 atom stereocenters. The van der Waals surface area contributed by atoms with Crippen molar-refractivity contribution >= 4 is 16.7 Å². The quantitative estimate of drug-likeness (QED) is 0.338. The second-order valence-corrected chi connectivity index (χ2v) is 10.3. The van der Waals surface area contributed by atoms with Crippen LogP contribution in [0.5, 0.6) is 5.75 Å². The number of hydrogen-bond donors (Lipinski definition) is 3. The van der Waals surface area contributed by atoms with E-state index in [4.69, 9.17) is 4.74 Å². The molecule has 196 valence electrons. The third-order valence-corrected chi connectivity index (χ3v) is 8.36. The number of piperidine rings is 1. The molecule has 0 aliphatic carbocycles. The molecule has 1 saturated heterocycles. The standard InChI is InChI=1S/C30H31FN4O3/c1-38-21-9-10-22-25(16-21)34-27-26(22)29(11-14-32-15-12-29)18-35(17-20-6-2-3-7-23(20)31)30(27,19-36)28(37)24-8-4-5-13-33-24/h2-10,13,16,32,34,36H,11-12,14-15,17-19H2,1H3. The Labute approximate surface area is 220 Å². The van der Waals surface area contributed by atoms with Crippen LogP contribution in [0.1, 0.15) is 40.2 Å². The monoisotopic (exact) mass is 514 g/mol. The Morgan fingerprint density at radius 2 is 1.92 bits per heavy atom. The summed E-state index contributed by atoms with van der Waals surface area (Å²) in [7, 11) is 1.62. The lowest BCUT2D eigenvalue weighted by Crippen LogP contribution is -2.63. The van der Waals surface area contributed by atoms with Crippen LogP contribution in [-0.2, 0) is 17.5 Å². The lowest BCUT2D eigenvalue weighted by molar-refractivity contribution is -0.00934. The Balaban J connectivity index is 1.64. The number of nitrogens with one attached hydrogen (secondary N) is 2. The van der Waals surface area contributed by atoms with Crippen LogP contribution in [0, 0.1) is 5.82 Å². The molecule has 8 heteroatoms. The predicted molar refractivity (Wildman–Crippen MR) is 143 cm³/mol. The van der Waals surface area contributed by atoms with Crippen molar-refractivity contribution in [3.63, 3.8) is 0 Å². The van der Waals surface area contributed by atoms with Gasteiger partial charge in [0.2, 0.25) is 5.78 Å². The summed E-state index contributed by atoms with van der Waals surface area (Å²) in [5.74, 6) is 0.0426. The number of fused-ring (bicyclic) bond motifs is 4. The number of carbonyl (C=O) groups excluding carboxylic acids is 1. The van der Waals surface area contributed by atoms with Crippen molar-refractivity contribution in [2.75, 3.05) is 33.4 Å². The van der Waals surface area contributed by atoms with E-state index < -0.39 is 12.1 Å². The molecule has 2 aromatic carbocycles. The molecule has 0 saturated carbocycles. The Kier molecular flexibility index (Phi) is 6.26. The van der Waals surface area contributed by atoms with E-state index in [1.54, 1.807) is 49.7 Å². The van der Waals surface area contributed by atoms with Crippen LogP contribution in [-0.4, -0.2) is 59.1 Å². The Morgan fingerprint density at radius 3 is 2.63 bits per heavy atom. The van der Waals surface area contributed by atoms with Crippen molar-refractivity contribution in [1.29, 1.82) is 0 Å². The number of aromatic nitrogens is 2. The number of ketones is 1. The van der Waals surface area contributed by atoms with Crippen LogP contribution in [0.4, 0.5) is 4.39 Å². The minimum atomic E-state index is -1.48. The van der Waals surface area contributed by atoms with E-state index >= 15 is 0 Å². The number of aliphatic hydroxyl groups excluding tert-OH is 1. The molecule has 2 aliphatic heterocycles. The van der Waals surface area contributed by atoms with Gasteiger partial charge in [0.15, 0.2) is 5.54 Å². The molecule has 0 bridgehead atoms. The van der Waals surface area contributed by atoms with E-state index in [2.05, 4.69) is 15.3 Å². The average Bonchev–Trinajstić information content (AvgIpc) is 3.35. The number of benzene rings is 2. The zero-order chi connectivity index (χ0) is 26.3. The molecule has 1 spiro atoms. The third kappa shape index (κ3) is 3.74. The lowest BCUT2D eigenvalue weighted by Gasteiger charge is -2.53. The second-order valence-electron chi connectivity index (χ2n) is 10.3. The summed E-state index contributed by atoms with van der Waals surface area (Å²) >= 11 is 0. The topological polar surface area (TPSA) is 90.5 Å². The number of rotatable bonds is 6. The number of H-pyrrole nitrogens is 1. The average molecular weight is 515 g/mol. The van der Waals surface area contributed by atoms with Gasteiger partial charge in [-0.15, -0.1) is 0 Å². The zero-order valence-corrected chi connectivity index (χ0v) is 21.3. The van der Waals surface area contributed by atoms with Gasteiger partial charge in [-0.1, -0.05) is 24.3 Å². The van der Waals surface area contributed by atoms with Gasteiger partial charge in [-0.05, 0) is 61.8 Å². The Bertz CT molecular complexity index is 1480. The fraction of sp³-hybridized carbons (Fsp3) is 0.333. The maximum absolute atomic E-state index is 15.0. The molecule has 1 unspecified atom stereocenters. The molecule has 2 aliphatic rings. The van der Waals surface area contributed by atoms with Crippen LogP contribution in [0.2, 0.25) is 0 Å². The number of ether oxygens (including phenoxy) is 1. The van der Waals surface area contributed by atoms with Gasteiger partial charge in [-0.2, -0.15) is 0 Å². The van der Waals surface area contributed by atoms with E-state index in [0.717, 1.165) is 42.4 Å². The summed E-state index contributed by atoms with van der Waals surface area (Å²) in [6.45, 7) is 1.83. The predicted octanol–water partition coefficient (Wildman–Crippen LogP) is 3.92. The summed E-state index contributed by atoms with van der Waals surface area (Å²) in [5, 5.41) is 15.7. The number of nitrogens with zero attached hydrogens (tertiary/aromatic N) is 2. The van der Waals surface area contributed by atoms with Crippen LogP contribution < -0.4 is 10.1 Å². The van der Waals surface area contributed by atoms with Crippen molar-refractivity contribution in [3.8, 4) is 5.75 Å². The number of Topliss-reactive ketones (excluding diaryl/α,β-unsaturated/α-hetero) is 1. The number of methoxy groups -OCH3 is 1. The highest BCUT2D eigenvalue weighted by Crippen LogP contribution is 2.51. The van der Waals surface area contributed by atoms with Crippen LogP contribution in [0.15, 0.2) is 66.9 Å². The Hall–Kier alpha value is -3.59. The first kappa shape index (κ1) is 24.7. The summed E-state index contributed by atoms with van der Waals surface area (Å²) in [6.07, 6.45) is 3.28. The molecule has 4 aromatic rings. The molecule has 1 fully saturated rings. The first-order valence-electron chi connectivity index (χ1n) is 13.0. The van der Waals surface area contributed by atoms with Crippen LogP contribution >= 0.6 is 0 Å². The second kappa shape index (κ2) is 9.62. The molecule has 6 rings (SSSR count). The van der Waals surface area contributed by atoms with Gasteiger partial charge >= 0.3 is 0 Å². The molecule has 4 heterocycles. The number of aromatic amines is 1. The van der Waals surface area contributed by atoms with Gasteiger partial charge in [-0.25, -0.2) is 4.39 Å². The molecular weight excluding hydrogens is 483 g/mol. The molecule has 38 heavy (non-hydrogen) atoms. The largest absolute Gasteiger partial charge is 0.497 e. The zero-order valence-electron chi connectivity index (χ0n) is 21.3. The van der Waals surface area contributed by atoms with E-state index in [9.17, 15) is 14.3 Å². The highest BCUT2D eigenvalue weighted by molar-refractivity contribution is 6.04. The summed E-state index contributed by atoms with van der Waals surface area (Å²) in [4.78, 5) is 24.3. The normalized spacial score (nSPS) is 20.9. The summed E-state index contributed by atoms with van der Waals surface area (Å²) in [6, 6.07) is 17.7. The van der Waals surface area contributed by atoms with Crippen molar-refractivity contribution < 1.29 is 19.0 Å². The SMILES string of the molecule is COc1ccc2c3c([nH]c2c1)C(CO)(C(=O)c1ccccn1)N(Cc1ccccc1F)CC31CCNCC1. The van der Waals surface area contributed by atoms with E-state index in [1.165, 1.54) is 6.07 Å². The molecule has 2 aromatic heterocycles. The van der Waals surface area contributed by atoms with Crippen molar-refractivity contribution in [1.82, 2.24) is 20.2 Å². The highest BCUT2D eigenvalue weighted by Gasteiger charge is 2.57. The smallest absolute Gasteiger partial charge is 0.209 e. The number of halogens is 1. The van der Waals surface area contributed by atoms with Gasteiger partial charge in [-0.3, -0.25) is 14.7 Å². The van der Waals surface area contributed by atoms with Crippen molar-refractivity contribution in [2.45, 2.75) is 30.3 Å². The maximum Gasteiger partial charge on any atom is 0.209 e.